The van der Waals surface area contributed by atoms with E-state index >= 15 is 0 Å². The Balaban J connectivity index is 1.67. The summed E-state index contributed by atoms with van der Waals surface area (Å²) >= 11 is 1.50. The molecule has 2 amide bonds. The molecule has 1 N–H and O–H groups in total. The molecule has 0 unspecified atom stereocenters. The van der Waals surface area contributed by atoms with Gasteiger partial charge in [-0.05, 0) is 61.0 Å². The molecule has 1 aliphatic rings. The van der Waals surface area contributed by atoms with Crippen molar-refractivity contribution in [1.82, 2.24) is 10.2 Å². The Kier molecular flexibility index (Phi) is 7.05. The number of nitrogens with zero attached hydrogens (tertiary/aromatic N) is 1. The van der Waals surface area contributed by atoms with E-state index in [1.165, 1.54) is 23.5 Å². The van der Waals surface area contributed by atoms with Crippen LogP contribution in [0.1, 0.15) is 53.7 Å². The van der Waals surface area contributed by atoms with Gasteiger partial charge in [-0.2, -0.15) is 0 Å². The van der Waals surface area contributed by atoms with Gasteiger partial charge < -0.3 is 14.6 Å². The number of hydrogen-bond acceptors (Lipinski definition) is 4. The van der Waals surface area contributed by atoms with Crippen molar-refractivity contribution in [1.29, 1.82) is 0 Å². The van der Waals surface area contributed by atoms with E-state index in [2.05, 4.69) is 5.32 Å². The van der Waals surface area contributed by atoms with Crippen LogP contribution in [-0.2, 0) is 22.6 Å². The first-order valence-corrected chi connectivity index (χ1v) is 11.8. The highest BCUT2D eigenvalue weighted by molar-refractivity contribution is 7.10. The lowest BCUT2D eigenvalue weighted by Gasteiger charge is -2.31. The van der Waals surface area contributed by atoms with Gasteiger partial charge in [-0.25, -0.2) is 4.39 Å². The van der Waals surface area contributed by atoms with Gasteiger partial charge >= 0.3 is 0 Å². The fraction of sp³-hybridized carbons (Fsp3) is 0.360. The van der Waals surface area contributed by atoms with E-state index in [0.29, 0.717) is 11.5 Å². The first-order chi connectivity index (χ1) is 15.5. The van der Waals surface area contributed by atoms with E-state index in [1.54, 1.807) is 29.2 Å². The van der Waals surface area contributed by atoms with Crippen molar-refractivity contribution in [2.75, 3.05) is 0 Å². The Labute approximate surface area is 191 Å². The van der Waals surface area contributed by atoms with Crippen molar-refractivity contribution in [3.63, 3.8) is 0 Å². The molecule has 7 heteroatoms. The number of aryl methyl sites for hydroxylation is 1. The minimum atomic E-state index is -0.901. The minimum absolute atomic E-state index is 0.112. The molecule has 3 aromatic rings. The van der Waals surface area contributed by atoms with E-state index in [1.807, 2.05) is 24.4 Å². The zero-order valence-electron chi connectivity index (χ0n) is 18.1. The lowest BCUT2D eigenvalue weighted by Crippen LogP contribution is -2.46. The van der Waals surface area contributed by atoms with Gasteiger partial charge in [-0.3, -0.25) is 9.59 Å². The molecule has 32 heavy (non-hydrogen) atoms. The van der Waals surface area contributed by atoms with Gasteiger partial charge in [0.05, 0.1) is 6.42 Å². The molecule has 168 valence electrons. The third-order valence-electron chi connectivity index (χ3n) is 5.78. The highest BCUT2D eigenvalue weighted by atomic mass is 32.1. The van der Waals surface area contributed by atoms with Crippen LogP contribution in [0.25, 0.3) is 0 Å². The first kappa shape index (κ1) is 22.3. The molecule has 0 aliphatic heterocycles. The normalized spacial score (nSPS) is 14.9. The Morgan fingerprint density at radius 1 is 1.16 bits per heavy atom. The number of carbonyl (C=O) groups is 2. The summed E-state index contributed by atoms with van der Waals surface area (Å²) in [4.78, 5) is 29.4. The van der Waals surface area contributed by atoms with Crippen LogP contribution in [0.5, 0.6) is 0 Å². The third-order valence-corrected chi connectivity index (χ3v) is 6.66. The van der Waals surface area contributed by atoms with E-state index in [-0.39, 0.29) is 36.6 Å². The van der Waals surface area contributed by atoms with Crippen molar-refractivity contribution in [3.8, 4) is 0 Å². The van der Waals surface area contributed by atoms with Crippen LogP contribution in [0.2, 0.25) is 0 Å². The third kappa shape index (κ3) is 5.46. The molecule has 5 nitrogen and oxygen atoms in total. The maximum Gasteiger partial charge on any atom is 0.250 e. The minimum Gasteiger partial charge on any atom is -0.464 e. The number of carbonyl (C=O) groups excluding carboxylic acids is 2. The predicted molar refractivity (Wildman–Crippen MR) is 122 cm³/mol. The molecular weight excluding hydrogens is 427 g/mol. The molecule has 1 aliphatic carbocycles. The fourth-order valence-electron chi connectivity index (χ4n) is 4.15. The van der Waals surface area contributed by atoms with Crippen LogP contribution in [0.15, 0.2) is 58.3 Å². The van der Waals surface area contributed by atoms with Gasteiger partial charge in [0.1, 0.15) is 17.3 Å². The Morgan fingerprint density at radius 2 is 1.91 bits per heavy atom. The van der Waals surface area contributed by atoms with Crippen molar-refractivity contribution >= 4 is 23.2 Å². The summed E-state index contributed by atoms with van der Waals surface area (Å²) in [6, 6.07) is 12.6. The van der Waals surface area contributed by atoms with Crippen LogP contribution in [0, 0.1) is 12.7 Å². The molecule has 0 saturated heterocycles. The number of nitrogens with one attached hydrogen (secondary N) is 1. The molecule has 1 aromatic carbocycles. The average Bonchev–Trinajstić information content (AvgIpc) is 3.53. The van der Waals surface area contributed by atoms with Gasteiger partial charge in [-0.1, -0.05) is 31.0 Å². The Morgan fingerprint density at radius 3 is 2.53 bits per heavy atom. The van der Waals surface area contributed by atoms with Crippen molar-refractivity contribution in [2.45, 2.75) is 57.7 Å². The van der Waals surface area contributed by atoms with Crippen molar-refractivity contribution in [2.24, 2.45) is 0 Å². The number of furan rings is 1. The monoisotopic (exact) mass is 454 g/mol. The van der Waals surface area contributed by atoms with E-state index < -0.39 is 6.04 Å². The van der Waals surface area contributed by atoms with Crippen molar-refractivity contribution < 1.29 is 18.4 Å². The highest BCUT2D eigenvalue weighted by Crippen LogP contribution is 2.28. The summed E-state index contributed by atoms with van der Waals surface area (Å²) in [7, 11) is 0. The Bertz CT molecular complexity index is 1040. The summed E-state index contributed by atoms with van der Waals surface area (Å²) in [6.45, 7) is 1.99. The summed E-state index contributed by atoms with van der Waals surface area (Å²) in [5.41, 5.74) is 0.743. The van der Waals surface area contributed by atoms with Crippen LogP contribution in [0.4, 0.5) is 4.39 Å². The fourth-order valence-corrected chi connectivity index (χ4v) is 4.84. The van der Waals surface area contributed by atoms with E-state index in [4.69, 9.17) is 4.42 Å². The summed E-state index contributed by atoms with van der Waals surface area (Å²) in [6.07, 6.45) is 4.25. The molecule has 0 bridgehead atoms. The number of halogens is 1. The summed E-state index contributed by atoms with van der Waals surface area (Å²) in [5.74, 6) is 0.332. The molecule has 1 saturated carbocycles. The predicted octanol–water partition coefficient (Wildman–Crippen LogP) is 5.16. The molecule has 0 spiro atoms. The molecule has 1 fully saturated rings. The van der Waals surface area contributed by atoms with Gasteiger partial charge in [0.15, 0.2) is 6.04 Å². The van der Waals surface area contributed by atoms with Crippen LogP contribution in [-0.4, -0.2) is 22.8 Å². The zero-order chi connectivity index (χ0) is 22.5. The standard InChI is InChI=1S/C25H27FN2O3S/c1-17-8-13-22(31-17)24(25(30)27-20-5-2-3-6-20)28(16-18-9-11-19(26)12-10-18)23(29)15-21-7-4-14-32-21/h4,7-14,20,24H,2-3,5-6,15-16H2,1H3,(H,27,30)/t24-/m0/s1. The molecule has 0 radical (unpaired) electrons. The largest absolute Gasteiger partial charge is 0.464 e. The molecular formula is C25H27FN2O3S. The van der Waals surface area contributed by atoms with E-state index in [9.17, 15) is 14.0 Å². The maximum absolute atomic E-state index is 13.5. The van der Waals surface area contributed by atoms with Gasteiger partial charge in [0.2, 0.25) is 5.91 Å². The Hall–Kier alpha value is -2.93. The van der Waals surface area contributed by atoms with E-state index in [0.717, 1.165) is 36.1 Å². The lowest BCUT2D eigenvalue weighted by molar-refractivity contribution is -0.142. The number of benzene rings is 1. The highest BCUT2D eigenvalue weighted by Gasteiger charge is 2.35. The van der Waals surface area contributed by atoms with Crippen LogP contribution < -0.4 is 5.32 Å². The van der Waals surface area contributed by atoms with Crippen LogP contribution in [0.3, 0.4) is 0 Å². The quantitative estimate of drug-likeness (QED) is 0.511. The molecule has 2 heterocycles. The topological polar surface area (TPSA) is 62.6 Å². The lowest BCUT2D eigenvalue weighted by atomic mass is 10.1. The molecule has 1 atom stereocenters. The van der Waals surface area contributed by atoms with Gasteiger partial charge in [0, 0.05) is 17.5 Å². The van der Waals surface area contributed by atoms with Gasteiger partial charge in [-0.15, -0.1) is 11.3 Å². The van der Waals surface area contributed by atoms with Crippen LogP contribution >= 0.6 is 11.3 Å². The number of hydrogen-bond donors (Lipinski definition) is 1. The second-order valence-electron chi connectivity index (χ2n) is 8.25. The molecule has 4 rings (SSSR count). The number of thiophene rings is 1. The summed E-state index contributed by atoms with van der Waals surface area (Å²) < 4.78 is 19.3. The second-order valence-corrected chi connectivity index (χ2v) is 9.28. The second kappa shape index (κ2) is 10.1. The summed E-state index contributed by atoms with van der Waals surface area (Å²) in [5, 5.41) is 5.05. The smallest absolute Gasteiger partial charge is 0.250 e. The molecule has 2 aromatic heterocycles. The first-order valence-electron chi connectivity index (χ1n) is 10.9. The van der Waals surface area contributed by atoms with Crippen molar-refractivity contribution in [3.05, 3.63) is 81.7 Å². The average molecular weight is 455 g/mol. The SMILES string of the molecule is Cc1ccc([C@@H](C(=O)NC2CCCC2)N(Cc2ccc(F)cc2)C(=O)Cc2cccs2)o1. The number of amides is 2. The maximum atomic E-state index is 13.5. The number of rotatable bonds is 8. The van der Waals surface area contributed by atoms with Gasteiger partial charge in [0.25, 0.3) is 5.91 Å². The zero-order valence-corrected chi connectivity index (χ0v) is 18.9.